The smallest absolute Gasteiger partial charge is 0.309 e. The van der Waals surface area contributed by atoms with Gasteiger partial charge < -0.3 is 24.6 Å². The average Bonchev–Trinajstić information content (AvgIpc) is 3.37. The number of Topliss-reactive ketones (excluding diaryl/α,β-unsaturated/α-hetero) is 1. The van der Waals surface area contributed by atoms with E-state index >= 15 is 0 Å². The maximum Gasteiger partial charge on any atom is 0.309 e. The Kier molecular flexibility index (Phi) is 10.6. The quantitative estimate of drug-likeness (QED) is 0.217. The third-order valence-electron chi connectivity index (χ3n) is 8.70. The van der Waals surface area contributed by atoms with Crippen LogP contribution in [0, 0.1) is 17.3 Å². The maximum absolute atomic E-state index is 13.2. The number of hydrogen-bond donors (Lipinski definition) is 2. The number of rotatable bonds is 15. The molecule has 0 unspecified atom stereocenters. The lowest BCUT2D eigenvalue weighted by atomic mass is 9.73. The van der Waals surface area contributed by atoms with Gasteiger partial charge in [0.25, 0.3) is 0 Å². The van der Waals surface area contributed by atoms with E-state index in [0.717, 1.165) is 40.2 Å². The minimum Gasteiger partial charge on any atom is -0.457 e. The van der Waals surface area contributed by atoms with Crippen molar-refractivity contribution in [3.8, 4) is 0 Å². The molecule has 40 heavy (non-hydrogen) atoms. The molecule has 0 saturated carbocycles. The predicted molar refractivity (Wildman–Crippen MR) is 158 cm³/mol. The fourth-order valence-electron chi connectivity index (χ4n) is 5.14. The number of ketones is 1. The molecule has 1 aliphatic heterocycles. The van der Waals surface area contributed by atoms with Gasteiger partial charge in [-0.3, -0.25) is 9.59 Å². The van der Waals surface area contributed by atoms with E-state index in [1.54, 1.807) is 32.1 Å². The molecule has 0 radical (unpaired) electrons. The molecule has 1 aromatic carbocycles. The van der Waals surface area contributed by atoms with E-state index in [1.807, 2.05) is 46.1 Å². The van der Waals surface area contributed by atoms with Crippen LogP contribution in [-0.4, -0.2) is 69.9 Å². The molecule has 8 nitrogen and oxygen atoms in total. The van der Waals surface area contributed by atoms with Gasteiger partial charge in [0.2, 0.25) is 0 Å². The Labute approximate surface area is 243 Å². The molecule has 0 spiro atoms. The van der Waals surface area contributed by atoms with Crippen LogP contribution in [0.4, 0.5) is 0 Å². The van der Waals surface area contributed by atoms with E-state index in [1.165, 1.54) is 0 Å². The van der Waals surface area contributed by atoms with Gasteiger partial charge in [-0.2, -0.15) is 0 Å². The monoisotopic (exact) mass is 576 g/mol. The molecule has 0 amide bonds. The van der Waals surface area contributed by atoms with Crippen molar-refractivity contribution in [2.24, 2.45) is 17.3 Å². The summed E-state index contributed by atoms with van der Waals surface area (Å²) in [5.74, 6) is -1.57. The van der Waals surface area contributed by atoms with Crippen LogP contribution in [0.1, 0.15) is 90.8 Å². The van der Waals surface area contributed by atoms with E-state index in [0.29, 0.717) is 6.42 Å². The number of aromatic nitrogens is 1. The summed E-state index contributed by atoms with van der Waals surface area (Å²) in [7, 11) is 4.01. The first-order chi connectivity index (χ1) is 18.6. The van der Waals surface area contributed by atoms with Gasteiger partial charge in [0.05, 0.1) is 46.0 Å². The van der Waals surface area contributed by atoms with Crippen LogP contribution in [-0.2, 0) is 25.6 Å². The summed E-state index contributed by atoms with van der Waals surface area (Å²) in [6.45, 7) is 13.7. The summed E-state index contributed by atoms with van der Waals surface area (Å²) in [4.78, 5) is 33.3. The Morgan fingerprint density at radius 2 is 1.90 bits per heavy atom. The molecule has 2 heterocycles. The normalized spacial score (nSPS) is 23.1. The molecular weight excluding hydrogens is 528 g/mol. The molecule has 0 bridgehead atoms. The number of hydrogen-bond acceptors (Lipinski definition) is 9. The number of thiazole rings is 1. The van der Waals surface area contributed by atoms with Crippen molar-refractivity contribution in [3.05, 3.63) is 28.8 Å². The molecule has 0 aliphatic carbocycles. The number of epoxide rings is 1. The van der Waals surface area contributed by atoms with Crippen LogP contribution in [0.25, 0.3) is 10.2 Å². The Balaban J connectivity index is 1.76. The fourth-order valence-corrected chi connectivity index (χ4v) is 6.20. The van der Waals surface area contributed by atoms with Crippen molar-refractivity contribution in [2.45, 2.75) is 111 Å². The van der Waals surface area contributed by atoms with E-state index < -0.39 is 35.6 Å². The third-order valence-corrected chi connectivity index (χ3v) is 9.72. The average molecular weight is 577 g/mol. The zero-order valence-corrected chi connectivity index (χ0v) is 26.4. The third kappa shape index (κ3) is 7.48. The second kappa shape index (κ2) is 12.9. The van der Waals surface area contributed by atoms with E-state index in [9.17, 15) is 19.8 Å². The van der Waals surface area contributed by atoms with Gasteiger partial charge in [0, 0.05) is 18.9 Å². The molecule has 2 N–H and O–H groups in total. The number of esters is 1. The maximum atomic E-state index is 13.2. The number of carbonyl (C=O) groups excluding carboxylic acids is 2. The van der Waals surface area contributed by atoms with Gasteiger partial charge in [-0.25, -0.2) is 4.98 Å². The minimum atomic E-state index is -1.26. The number of nitrogens with zero attached hydrogens (tertiary/aromatic N) is 2. The zero-order valence-electron chi connectivity index (χ0n) is 25.6. The van der Waals surface area contributed by atoms with Crippen molar-refractivity contribution in [2.75, 3.05) is 14.1 Å². The predicted octanol–water partition coefficient (Wildman–Crippen LogP) is 5.29. The highest BCUT2D eigenvalue weighted by Crippen LogP contribution is 2.45. The van der Waals surface area contributed by atoms with Crippen molar-refractivity contribution in [1.29, 1.82) is 0 Å². The Morgan fingerprint density at radius 3 is 2.48 bits per heavy atom. The molecule has 9 heteroatoms. The van der Waals surface area contributed by atoms with E-state index in [2.05, 4.69) is 18.7 Å². The lowest BCUT2D eigenvalue weighted by Gasteiger charge is -2.34. The Morgan fingerprint density at radius 1 is 1.23 bits per heavy atom. The molecular formula is C31H48N2O6S. The topological polar surface area (TPSA) is 112 Å². The number of ether oxygens (including phenoxy) is 2. The lowest BCUT2D eigenvalue weighted by Crippen LogP contribution is -2.45. The molecule has 1 aromatic heterocycles. The molecule has 224 valence electrons. The summed E-state index contributed by atoms with van der Waals surface area (Å²) in [6.07, 6.45) is -0.939. The van der Waals surface area contributed by atoms with Gasteiger partial charge in [0.1, 0.15) is 16.9 Å². The van der Waals surface area contributed by atoms with Crippen molar-refractivity contribution >= 4 is 33.3 Å². The fraction of sp³-hybridized carbons (Fsp3) is 0.710. The highest BCUT2D eigenvalue weighted by molar-refractivity contribution is 7.18. The molecule has 1 fully saturated rings. The van der Waals surface area contributed by atoms with Crippen molar-refractivity contribution in [3.63, 3.8) is 0 Å². The van der Waals surface area contributed by atoms with Gasteiger partial charge in [-0.1, -0.05) is 54.0 Å². The zero-order chi connectivity index (χ0) is 30.0. The van der Waals surface area contributed by atoms with Crippen molar-refractivity contribution < 1.29 is 29.3 Å². The molecule has 2 aromatic rings. The first-order valence-electron chi connectivity index (χ1n) is 14.4. The first kappa shape index (κ1) is 32.6. The summed E-state index contributed by atoms with van der Waals surface area (Å²) in [6, 6.07) is 5.94. The number of aliphatic hydroxyl groups excluding tert-OH is 2. The van der Waals surface area contributed by atoms with Gasteiger partial charge in [0.15, 0.2) is 0 Å². The minimum absolute atomic E-state index is 0.0448. The highest BCUT2D eigenvalue weighted by Gasteiger charge is 2.52. The SMILES string of the molecule is CC[C@H](C)[C@H](O)[C@@H](C)C(=O)C(C)(C)[C@@H](O)CC(=O)O[C@@H](C[C@@H]1O[C@]1(C)CC)c1ccc2sc(CN(C)C)nc2c1. The summed E-state index contributed by atoms with van der Waals surface area (Å²) in [5, 5.41) is 22.6. The van der Waals surface area contributed by atoms with Crippen LogP contribution < -0.4 is 0 Å². The highest BCUT2D eigenvalue weighted by atomic mass is 32.1. The largest absolute Gasteiger partial charge is 0.457 e. The summed E-state index contributed by atoms with van der Waals surface area (Å²) in [5.41, 5.74) is 0.211. The van der Waals surface area contributed by atoms with Gasteiger partial charge in [-0.15, -0.1) is 11.3 Å². The van der Waals surface area contributed by atoms with Crippen LogP contribution in [0.3, 0.4) is 0 Å². The van der Waals surface area contributed by atoms with Crippen LogP contribution in [0.15, 0.2) is 18.2 Å². The second-order valence-electron chi connectivity index (χ2n) is 12.5. The second-order valence-corrected chi connectivity index (χ2v) is 13.6. The first-order valence-corrected chi connectivity index (χ1v) is 15.3. The van der Waals surface area contributed by atoms with Crippen LogP contribution in [0.5, 0.6) is 0 Å². The van der Waals surface area contributed by atoms with E-state index in [4.69, 9.17) is 14.5 Å². The summed E-state index contributed by atoms with van der Waals surface area (Å²) >= 11 is 1.64. The summed E-state index contributed by atoms with van der Waals surface area (Å²) < 4.78 is 13.0. The molecule has 3 rings (SSSR count). The van der Waals surface area contributed by atoms with E-state index in [-0.39, 0.29) is 29.8 Å². The van der Waals surface area contributed by atoms with Crippen LogP contribution >= 0.6 is 11.3 Å². The molecule has 7 atom stereocenters. The standard InChI is InChI=1S/C31H48N2O6S/c1-10-18(3)28(36)19(4)29(37)30(5,6)24(34)16-27(35)38-22(15-25-31(7,11-2)39-25)20-12-13-23-21(14-20)32-26(40-23)17-33(8)9/h12-14,18-19,22,24-25,28,34,36H,10-11,15-17H2,1-9H3/t18-,19+,22-,24-,25-,28-,31+/m0/s1. The number of fused-ring (bicyclic) bond motifs is 1. The lowest BCUT2D eigenvalue weighted by molar-refractivity contribution is -0.156. The number of carbonyl (C=O) groups is 2. The number of aliphatic hydroxyl groups is 2. The number of benzene rings is 1. The Hall–Kier alpha value is -1.91. The van der Waals surface area contributed by atoms with Crippen molar-refractivity contribution in [1.82, 2.24) is 9.88 Å². The molecule has 1 aliphatic rings. The molecule has 1 saturated heterocycles. The van der Waals surface area contributed by atoms with Crippen LogP contribution in [0.2, 0.25) is 0 Å². The van der Waals surface area contributed by atoms with Gasteiger partial charge in [-0.05, 0) is 51.1 Å². The Bertz CT molecular complexity index is 1180. The van der Waals surface area contributed by atoms with Gasteiger partial charge >= 0.3 is 5.97 Å².